The molecule has 0 radical (unpaired) electrons. The first-order valence-corrected chi connectivity index (χ1v) is 23.1. The third kappa shape index (κ3) is 38.5. The average Bonchev–Trinajstić information content (AvgIpc) is 3.12. The van der Waals surface area contributed by atoms with Crippen molar-refractivity contribution in [2.75, 3.05) is 40.9 Å². The Kier molecular flexibility index (Phi) is 35.6. The minimum Gasteiger partial charge on any atom is -0.391 e. The number of allylic oxidation sites excluding steroid dienone is 10. The van der Waals surface area contributed by atoms with Gasteiger partial charge < -0.3 is 19.8 Å². The minimum absolute atomic E-state index is 0.0707. The molecule has 0 heterocycles. The van der Waals surface area contributed by atoms with Crippen LogP contribution in [0.3, 0.4) is 0 Å². The van der Waals surface area contributed by atoms with Crippen LogP contribution in [0.4, 0.5) is 0 Å². The second-order valence-corrected chi connectivity index (χ2v) is 17.1. The fourth-order valence-electron chi connectivity index (χ4n) is 5.84. The predicted octanol–water partition coefficient (Wildman–Crippen LogP) is 11.9. The highest BCUT2D eigenvalue weighted by atomic mass is 31.2. The lowest BCUT2D eigenvalue weighted by molar-refractivity contribution is -0.870. The maximum Gasteiger partial charge on any atom is 0.472 e. The number of aliphatic hydroxyl groups excluding tert-OH is 1. The molecule has 3 unspecified atom stereocenters. The van der Waals surface area contributed by atoms with Crippen LogP contribution in [0.15, 0.2) is 60.8 Å². The highest BCUT2D eigenvalue weighted by Gasteiger charge is 2.28. The van der Waals surface area contributed by atoms with Crippen molar-refractivity contribution in [1.29, 1.82) is 0 Å². The molecule has 0 aliphatic rings. The molecule has 9 heteroatoms. The first kappa shape index (κ1) is 52.2. The fourth-order valence-corrected chi connectivity index (χ4v) is 6.57. The van der Waals surface area contributed by atoms with E-state index in [1.54, 1.807) is 0 Å². The van der Waals surface area contributed by atoms with E-state index in [9.17, 15) is 19.4 Å². The van der Waals surface area contributed by atoms with Crippen molar-refractivity contribution in [3.63, 3.8) is 0 Å². The van der Waals surface area contributed by atoms with Crippen LogP contribution in [0.2, 0.25) is 0 Å². The van der Waals surface area contributed by atoms with Crippen molar-refractivity contribution in [3.05, 3.63) is 60.8 Å². The molecular formula is C45H84N2O6P+. The number of aliphatic hydroxyl groups is 1. The second kappa shape index (κ2) is 36.8. The number of amides is 1. The number of carbonyl (C=O) groups is 1. The van der Waals surface area contributed by atoms with Gasteiger partial charge in [-0.15, -0.1) is 0 Å². The first-order valence-electron chi connectivity index (χ1n) is 21.7. The molecule has 314 valence electrons. The number of hydrogen-bond acceptors (Lipinski definition) is 5. The average molecular weight is 780 g/mol. The van der Waals surface area contributed by atoms with Gasteiger partial charge in [0.25, 0.3) is 0 Å². The van der Waals surface area contributed by atoms with Gasteiger partial charge in [-0.25, -0.2) is 4.57 Å². The Morgan fingerprint density at radius 3 is 1.59 bits per heavy atom. The van der Waals surface area contributed by atoms with Crippen LogP contribution in [-0.4, -0.2) is 73.4 Å². The zero-order valence-corrected chi connectivity index (χ0v) is 36.3. The molecule has 0 aromatic rings. The van der Waals surface area contributed by atoms with Gasteiger partial charge in [0.2, 0.25) is 5.91 Å². The Hall–Kier alpha value is -1.80. The number of quaternary nitrogens is 1. The molecule has 0 aromatic carbocycles. The lowest BCUT2D eigenvalue weighted by atomic mass is 10.0. The molecule has 54 heavy (non-hydrogen) atoms. The summed E-state index contributed by atoms with van der Waals surface area (Å²) in [6.07, 6.45) is 47.7. The van der Waals surface area contributed by atoms with Crippen molar-refractivity contribution in [2.24, 2.45) is 0 Å². The number of nitrogens with zero attached hydrogens (tertiary/aromatic N) is 1. The van der Waals surface area contributed by atoms with Crippen LogP contribution in [0.1, 0.15) is 168 Å². The van der Waals surface area contributed by atoms with Crippen LogP contribution in [0, 0.1) is 0 Å². The summed E-state index contributed by atoms with van der Waals surface area (Å²) in [5.74, 6) is -0.161. The van der Waals surface area contributed by atoms with Crippen molar-refractivity contribution in [2.45, 2.75) is 180 Å². The van der Waals surface area contributed by atoms with E-state index < -0.39 is 20.0 Å². The molecule has 3 atom stereocenters. The van der Waals surface area contributed by atoms with E-state index in [0.717, 1.165) is 70.6 Å². The van der Waals surface area contributed by atoms with Crippen molar-refractivity contribution in [1.82, 2.24) is 5.32 Å². The van der Waals surface area contributed by atoms with Crippen molar-refractivity contribution in [3.8, 4) is 0 Å². The molecule has 0 aromatic heterocycles. The number of rotatable bonds is 38. The van der Waals surface area contributed by atoms with Gasteiger partial charge in [-0.3, -0.25) is 13.8 Å². The molecule has 0 saturated heterocycles. The highest BCUT2D eigenvalue weighted by molar-refractivity contribution is 7.47. The summed E-state index contributed by atoms with van der Waals surface area (Å²) in [6.45, 7) is 4.59. The molecule has 0 aliphatic carbocycles. The van der Waals surface area contributed by atoms with E-state index in [2.05, 4.69) is 79.9 Å². The van der Waals surface area contributed by atoms with E-state index in [0.29, 0.717) is 23.9 Å². The molecular weight excluding hydrogens is 695 g/mol. The van der Waals surface area contributed by atoms with E-state index in [1.165, 1.54) is 70.6 Å². The number of phosphoric acid groups is 1. The molecule has 0 saturated carbocycles. The minimum atomic E-state index is -4.29. The summed E-state index contributed by atoms with van der Waals surface area (Å²) in [6, 6.07) is -0.758. The summed E-state index contributed by atoms with van der Waals surface area (Å²) < 4.78 is 23.3. The van der Waals surface area contributed by atoms with Crippen LogP contribution in [0.5, 0.6) is 0 Å². The van der Waals surface area contributed by atoms with Crippen molar-refractivity contribution < 1.29 is 32.9 Å². The molecule has 0 aliphatic heterocycles. The number of nitrogens with one attached hydrogen (secondary N) is 1. The first-order chi connectivity index (χ1) is 26.0. The van der Waals surface area contributed by atoms with Crippen LogP contribution >= 0.6 is 7.82 Å². The van der Waals surface area contributed by atoms with Gasteiger partial charge in [-0.2, -0.15) is 0 Å². The predicted molar refractivity (Wildman–Crippen MR) is 230 cm³/mol. The summed E-state index contributed by atoms with van der Waals surface area (Å²) in [5, 5.41) is 13.6. The lowest BCUT2D eigenvalue weighted by Crippen LogP contribution is -2.46. The largest absolute Gasteiger partial charge is 0.472 e. The van der Waals surface area contributed by atoms with Gasteiger partial charge >= 0.3 is 7.82 Å². The number of hydrogen-bond donors (Lipinski definition) is 3. The summed E-state index contributed by atoms with van der Waals surface area (Å²) in [5.41, 5.74) is 0. The third-order valence-electron chi connectivity index (χ3n) is 9.28. The maximum atomic E-state index is 12.7. The van der Waals surface area contributed by atoms with E-state index in [4.69, 9.17) is 9.05 Å². The van der Waals surface area contributed by atoms with Crippen molar-refractivity contribution >= 4 is 13.7 Å². The highest BCUT2D eigenvalue weighted by Crippen LogP contribution is 2.43. The Morgan fingerprint density at radius 1 is 0.648 bits per heavy atom. The molecule has 8 nitrogen and oxygen atoms in total. The van der Waals surface area contributed by atoms with Crippen LogP contribution in [0.25, 0.3) is 0 Å². The molecule has 0 fully saturated rings. The standard InChI is InChI=1S/C45H83N2O6P/c1-6-8-10-11-12-13-14-15-16-17-18-19-20-21-22-23-24-25-26-27-28-29-30-31-32-33-34-35-37-39-45(49)46-43(44(48)38-36-9-7-2)42-53-54(50,51)52-41-40-47(3,4)5/h8,10,12-13,15-16,18-19,21-22,43-44,48H,6-7,9,11,14,17,20,23-42H2,1-5H3,(H-,46,49,50,51)/p+1/b10-8-,13-12-,16-15-,19-18-,22-21-. The monoisotopic (exact) mass is 780 g/mol. The van der Waals surface area contributed by atoms with Gasteiger partial charge in [0.15, 0.2) is 0 Å². The van der Waals surface area contributed by atoms with E-state index in [1.807, 2.05) is 21.1 Å². The van der Waals surface area contributed by atoms with Gasteiger partial charge in [-0.05, 0) is 57.8 Å². The molecule has 1 amide bonds. The van der Waals surface area contributed by atoms with Crippen LogP contribution in [-0.2, 0) is 18.4 Å². The van der Waals surface area contributed by atoms with Gasteiger partial charge in [-0.1, -0.05) is 164 Å². The Labute approximate surface area is 332 Å². The number of likely N-dealkylation sites (N-methyl/N-ethyl adjacent to an activating group) is 1. The molecule has 0 bridgehead atoms. The normalized spacial score (nSPS) is 15.0. The molecule has 3 N–H and O–H groups in total. The Bertz CT molecular complexity index is 1060. The van der Waals surface area contributed by atoms with E-state index >= 15 is 0 Å². The number of carbonyl (C=O) groups excluding carboxylic acids is 1. The fraction of sp³-hybridized carbons (Fsp3) is 0.756. The molecule has 0 rings (SSSR count). The smallest absolute Gasteiger partial charge is 0.391 e. The quantitative estimate of drug-likeness (QED) is 0.0249. The Morgan fingerprint density at radius 2 is 1.11 bits per heavy atom. The maximum absolute atomic E-state index is 12.7. The summed E-state index contributed by atoms with van der Waals surface area (Å²) >= 11 is 0. The van der Waals surface area contributed by atoms with Gasteiger partial charge in [0, 0.05) is 6.42 Å². The zero-order chi connectivity index (χ0) is 40.0. The summed E-state index contributed by atoms with van der Waals surface area (Å²) in [4.78, 5) is 22.8. The lowest BCUT2D eigenvalue weighted by Gasteiger charge is -2.26. The van der Waals surface area contributed by atoms with Crippen LogP contribution < -0.4 is 5.32 Å². The van der Waals surface area contributed by atoms with Gasteiger partial charge in [0.1, 0.15) is 13.2 Å². The third-order valence-corrected chi connectivity index (χ3v) is 10.3. The summed E-state index contributed by atoms with van der Waals surface area (Å²) in [7, 11) is 1.60. The number of phosphoric ester groups is 1. The zero-order valence-electron chi connectivity index (χ0n) is 35.4. The Balaban J connectivity index is 3.87. The number of unbranched alkanes of at least 4 members (excludes halogenated alkanes) is 15. The SMILES string of the molecule is CC/C=C\C/C=C\C/C=C\C/C=C\C/C=C\CCCCCCCCCCCCCCCC(=O)NC(COP(=O)(O)OCC[N+](C)(C)C)C(O)CCCCC. The van der Waals surface area contributed by atoms with E-state index in [-0.39, 0.29) is 19.1 Å². The molecule has 0 spiro atoms. The topological polar surface area (TPSA) is 105 Å². The second-order valence-electron chi connectivity index (χ2n) is 15.7. The van der Waals surface area contributed by atoms with Gasteiger partial charge in [0.05, 0.1) is 39.9 Å².